The van der Waals surface area contributed by atoms with Crippen molar-refractivity contribution in [2.45, 2.75) is 42.2 Å². The predicted molar refractivity (Wildman–Crippen MR) is 109 cm³/mol. The number of alkyl halides is 6. The Kier molecular flexibility index (Phi) is 6.47. The molecule has 1 aromatic heterocycles. The number of pyridine rings is 1. The van der Waals surface area contributed by atoms with Crippen LogP contribution >= 0.6 is 0 Å². The number of halogens is 6. The highest BCUT2D eigenvalue weighted by atomic mass is 32.2. The van der Waals surface area contributed by atoms with Gasteiger partial charge in [0.1, 0.15) is 0 Å². The number of carbonyl (C=O) groups excluding carboxylic acids is 1. The molecule has 190 valence electrons. The van der Waals surface area contributed by atoms with Gasteiger partial charge in [-0.3, -0.25) is 4.79 Å². The normalized spacial score (nSPS) is 22.1. The standard InChI is InChI=1S/C21H19F6N3O4S/c22-20(23,24)13-2-5-16(6-3-13)35(32,33)29-8-1-9-30-15(12-29)10-17(19(30)31)34-18-7-4-14(11-28-18)21(25,26)27/h2-7,11,15,17H,1,8-10,12H2. The number of rotatable bonds is 4. The molecule has 7 nitrogen and oxygen atoms in total. The minimum Gasteiger partial charge on any atom is -0.464 e. The van der Waals surface area contributed by atoms with Gasteiger partial charge in [0.15, 0.2) is 6.10 Å². The largest absolute Gasteiger partial charge is 0.464 e. The average molecular weight is 523 g/mol. The van der Waals surface area contributed by atoms with Crippen LogP contribution in [0.1, 0.15) is 24.0 Å². The van der Waals surface area contributed by atoms with Crippen molar-refractivity contribution in [2.24, 2.45) is 0 Å². The quantitative estimate of drug-likeness (QED) is 0.573. The van der Waals surface area contributed by atoms with Gasteiger partial charge in [-0.1, -0.05) is 0 Å². The summed E-state index contributed by atoms with van der Waals surface area (Å²) in [5.74, 6) is -0.617. The van der Waals surface area contributed by atoms with E-state index in [1.165, 1.54) is 4.90 Å². The van der Waals surface area contributed by atoms with Crippen molar-refractivity contribution in [1.82, 2.24) is 14.2 Å². The Morgan fingerprint density at radius 1 is 0.914 bits per heavy atom. The molecule has 0 spiro atoms. The van der Waals surface area contributed by atoms with Crippen molar-refractivity contribution >= 4 is 15.9 Å². The molecular weight excluding hydrogens is 504 g/mol. The third kappa shape index (κ3) is 5.22. The summed E-state index contributed by atoms with van der Waals surface area (Å²) in [5, 5.41) is 0. The number of hydrogen-bond donors (Lipinski definition) is 0. The summed E-state index contributed by atoms with van der Waals surface area (Å²) in [5.41, 5.74) is -1.95. The zero-order chi connectivity index (χ0) is 25.6. The summed E-state index contributed by atoms with van der Waals surface area (Å²) in [4.78, 5) is 17.6. The molecule has 2 aliphatic rings. The first kappa shape index (κ1) is 25.2. The summed E-state index contributed by atoms with van der Waals surface area (Å²) in [6.07, 6.45) is -9.29. The van der Waals surface area contributed by atoms with Crippen LogP contribution in [0.15, 0.2) is 47.5 Å². The van der Waals surface area contributed by atoms with Crippen LogP contribution in [0.25, 0.3) is 0 Å². The van der Waals surface area contributed by atoms with E-state index in [0.29, 0.717) is 18.3 Å². The maximum absolute atomic E-state index is 13.1. The van der Waals surface area contributed by atoms with Crippen LogP contribution in [0.3, 0.4) is 0 Å². The fourth-order valence-corrected chi connectivity index (χ4v) is 5.61. The second-order valence-electron chi connectivity index (χ2n) is 8.15. The molecule has 3 heterocycles. The van der Waals surface area contributed by atoms with Gasteiger partial charge >= 0.3 is 12.4 Å². The van der Waals surface area contributed by atoms with Crippen LogP contribution in [0.4, 0.5) is 26.3 Å². The van der Waals surface area contributed by atoms with Crippen molar-refractivity contribution in [3.63, 3.8) is 0 Å². The van der Waals surface area contributed by atoms with Crippen LogP contribution < -0.4 is 4.74 Å². The molecule has 2 unspecified atom stereocenters. The number of benzene rings is 1. The lowest BCUT2D eigenvalue weighted by Gasteiger charge is -2.25. The zero-order valence-corrected chi connectivity index (χ0v) is 18.7. The number of ether oxygens (including phenoxy) is 1. The Bertz CT molecular complexity index is 1180. The summed E-state index contributed by atoms with van der Waals surface area (Å²) in [7, 11) is -4.13. The van der Waals surface area contributed by atoms with Gasteiger partial charge in [0.2, 0.25) is 15.9 Å². The van der Waals surface area contributed by atoms with E-state index in [1.807, 2.05) is 0 Å². The molecule has 0 aliphatic carbocycles. The third-order valence-electron chi connectivity index (χ3n) is 5.85. The lowest BCUT2D eigenvalue weighted by Crippen LogP contribution is -2.40. The van der Waals surface area contributed by atoms with Crippen LogP contribution in [0, 0.1) is 0 Å². The molecule has 0 bridgehead atoms. The van der Waals surface area contributed by atoms with Gasteiger partial charge in [0.25, 0.3) is 5.91 Å². The molecule has 4 rings (SSSR count). The van der Waals surface area contributed by atoms with E-state index < -0.39 is 51.6 Å². The second-order valence-corrected chi connectivity index (χ2v) is 10.1. The van der Waals surface area contributed by atoms with Crippen LogP contribution in [-0.4, -0.2) is 60.3 Å². The maximum Gasteiger partial charge on any atom is 0.417 e. The second kappa shape index (κ2) is 8.97. The van der Waals surface area contributed by atoms with Crippen LogP contribution in [-0.2, 0) is 27.2 Å². The minimum absolute atomic E-state index is 0.0651. The Labute approximate surface area is 196 Å². The third-order valence-corrected chi connectivity index (χ3v) is 7.73. The first-order valence-corrected chi connectivity index (χ1v) is 11.9. The van der Waals surface area contributed by atoms with Gasteiger partial charge in [-0.2, -0.15) is 30.6 Å². The van der Waals surface area contributed by atoms with E-state index in [0.717, 1.165) is 28.6 Å². The van der Waals surface area contributed by atoms with Crippen molar-refractivity contribution in [3.05, 3.63) is 53.7 Å². The highest BCUT2D eigenvalue weighted by molar-refractivity contribution is 7.89. The van der Waals surface area contributed by atoms with Gasteiger partial charge in [-0.15, -0.1) is 0 Å². The Balaban J connectivity index is 1.47. The molecule has 1 aromatic carbocycles. The first-order valence-electron chi connectivity index (χ1n) is 10.4. The Morgan fingerprint density at radius 2 is 1.54 bits per heavy atom. The molecule has 35 heavy (non-hydrogen) atoms. The van der Waals surface area contributed by atoms with E-state index in [-0.39, 0.29) is 43.3 Å². The SMILES string of the molecule is O=C1C(Oc2ccc(C(F)(F)F)cn2)CC2CN(S(=O)(=O)c3ccc(C(F)(F)F)cc3)CCCN12. The number of amides is 1. The first-order chi connectivity index (χ1) is 16.3. The van der Waals surface area contributed by atoms with Gasteiger partial charge in [-0.25, -0.2) is 13.4 Å². The average Bonchev–Trinajstić information content (AvgIpc) is 2.94. The molecule has 2 aromatic rings. The molecule has 0 saturated carbocycles. The number of carbonyl (C=O) groups is 1. The predicted octanol–water partition coefficient (Wildman–Crippen LogP) is 3.56. The fourth-order valence-electron chi connectivity index (χ4n) is 4.09. The molecule has 14 heteroatoms. The van der Waals surface area contributed by atoms with E-state index in [1.54, 1.807) is 0 Å². The minimum atomic E-state index is -4.60. The highest BCUT2D eigenvalue weighted by Crippen LogP contribution is 2.33. The van der Waals surface area contributed by atoms with Gasteiger partial charge in [0.05, 0.1) is 16.0 Å². The zero-order valence-electron chi connectivity index (χ0n) is 17.9. The van der Waals surface area contributed by atoms with Gasteiger partial charge < -0.3 is 9.64 Å². The molecule has 2 saturated heterocycles. The van der Waals surface area contributed by atoms with Crippen molar-refractivity contribution < 1.29 is 44.3 Å². The summed E-state index contributed by atoms with van der Waals surface area (Å²) in [6.45, 7) is 0.188. The highest BCUT2D eigenvalue weighted by Gasteiger charge is 2.45. The molecule has 2 aliphatic heterocycles. The number of hydrogen-bond acceptors (Lipinski definition) is 5. The Hall–Kier alpha value is -2.87. The van der Waals surface area contributed by atoms with Crippen molar-refractivity contribution in [2.75, 3.05) is 19.6 Å². The lowest BCUT2D eigenvalue weighted by atomic mass is 10.2. The molecule has 0 N–H and O–H groups in total. The topological polar surface area (TPSA) is 79.8 Å². The maximum atomic E-state index is 13.1. The van der Waals surface area contributed by atoms with Gasteiger partial charge in [0, 0.05) is 44.4 Å². The van der Waals surface area contributed by atoms with E-state index >= 15 is 0 Å². The summed E-state index contributed by atoms with van der Waals surface area (Å²) in [6, 6.07) is 4.37. The van der Waals surface area contributed by atoms with E-state index in [4.69, 9.17) is 4.74 Å². The van der Waals surface area contributed by atoms with E-state index in [2.05, 4.69) is 4.98 Å². The van der Waals surface area contributed by atoms with Crippen LogP contribution in [0.5, 0.6) is 5.88 Å². The smallest absolute Gasteiger partial charge is 0.417 e. The summed E-state index contributed by atoms with van der Waals surface area (Å²) >= 11 is 0. The Morgan fingerprint density at radius 3 is 2.11 bits per heavy atom. The lowest BCUT2D eigenvalue weighted by molar-refractivity contribution is -0.138. The van der Waals surface area contributed by atoms with Gasteiger partial charge in [-0.05, 0) is 36.8 Å². The molecule has 2 atom stereocenters. The van der Waals surface area contributed by atoms with Crippen molar-refractivity contribution in [3.8, 4) is 5.88 Å². The number of sulfonamides is 1. The monoisotopic (exact) mass is 523 g/mol. The molecule has 0 radical (unpaired) electrons. The molecule has 1 amide bonds. The number of fused-ring (bicyclic) bond motifs is 1. The molecule has 2 fully saturated rings. The number of nitrogens with zero attached hydrogens (tertiary/aromatic N) is 3. The fraction of sp³-hybridized carbons (Fsp3) is 0.429. The van der Waals surface area contributed by atoms with Crippen molar-refractivity contribution in [1.29, 1.82) is 0 Å². The summed E-state index contributed by atoms with van der Waals surface area (Å²) < 4.78 is 109. The molecular formula is C21H19F6N3O4S. The van der Waals surface area contributed by atoms with Crippen LogP contribution in [0.2, 0.25) is 0 Å². The van der Waals surface area contributed by atoms with E-state index in [9.17, 15) is 39.6 Å². The number of aromatic nitrogens is 1.